The minimum absolute atomic E-state index is 0.665. The van der Waals surface area contributed by atoms with E-state index in [-0.39, 0.29) is 0 Å². The maximum absolute atomic E-state index is 4.60. The first-order chi connectivity index (χ1) is 9.36. The highest BCUT2D eigenvalue weighted by atomic mass is 14.9. The van der Waals surface area contributed by atoms with Gasteiger partial charge in [0.25, 0.3) is 0 Å². The van der Waals surface area contributed by atoms with Crippen molar-refractivity contribution in [2.45, 2.75) is 6.54 Å². The van der Waals surface area contributed by atoms with E-state index in [0.717, 1.165) is 28.8 Å². The van der Waals surface area contributed by atoms with Crippen molar-refractivity contribution in [3.05, 3.63) is 54.4 Å². The van der Waals surface area contributed by atoms with Gasteiger partial charge in [-0.3, -0.25) is 0 Å². The van der Waals surface area contributed by atoms with Crippen molar-refractivity contribution in [3.63, 3.8) is 0 Å². The number of benzene rings is 1. The molecule has 0 spiro atoms. The average molecular weight is 250 g/mol. The molecule has 0 saturated heterocycles. The summed E-state index contributed by atoms with van der Waals surface area (Å²) >= 11 is 0. The van der Waals surface area contributed by atoms with Crippen molar-refractivity contribution in [1.82, 2.24) is 20.3 Å². The Labute approximate surface area is 111 Å². The largest absolute Gasteiger partial charge is 0.314 e. The van der Waals surface area contributed by atoms with Gasteiger partial charge in [0.2, 0.25) is 0 Å². The van der Waals surface area contributed by atoms with Gasteiger partial charge in [0.1, 0.15) is 5.69 Å². The van der Waals surface area contributed by atoms with E-state index in [1.165, 1.54) is 0 Å². The molecule has 94 valence electrons. The summed E-state index contributed by atoms with van der Waals surface area (Å²) in [5, 5.41) is 4.20. The molecule has 0 amide bonds. The maximum atomic E-state index is 4.60. The van der Waals surface area contributed by atoms with E-state index >= 15 is 0 Å². The van der Waals surface area contributed by atoms with Crippen LogP contribution in [0.1, 0.15) is 5.69 Å². The maximum Gasteiger partial charge on any atom is 0.178 e. The number of nitrogens with zero attached hydrogens (tertiary/aromatic N) is 3. The first-order valence-corrected chi connectivity index (χ1v) is 6.19. The predicted octanol–water partition coefficient (Wildman–Crippen LogP) is 2.41. The van der Waals surface area contributed by atoms with Crippen molar-refractivity contribution in [2.75, 3.05) is 7.05 Å². The topological polar surface area (TPSA) is 50.7 Å². The predicted molar refractivity (Wildman–Crippen MR) is 75.5 cm³/mol. The summed E-state index contributed by atoms with van der Waals surface area (Å²) < 4.78 is 0. The van der Waals surface area contributed by atoms with Crippen LogP contribution < -0.4 is 5.32 Å². The van der Waals surface area contributed by atoms with Gasteiger partial charge >= 0.3 is 0 Å². The molecule has 0 aliphatic rings. The van der Waals surface area contributed by atoms with Crippen molar-refractivity contribution in [3.8, 4) is 11.5 Å². The SMILES string of the molecule is CNCc1ccnc(-c2ccc3ccccc3n2)n1. The molecule has 2 aromatic heterocycles. The first-order valence-electron chi connectivity index (χ1n) is 6.19. The van der Waals surface area contributed by atoms with Crippen LogP contribution in [0.5, 0.6) is 0 Å². The number of rotatable bonds is 3. The molecule has 0 saturated carbocycles. The zero-order valence-electron chi connectivity index (χ0n) is 10.7. The summed E-state index contributed by atoms with van der Waals surface area (Å²) in [6, 6.07) is 13.9. The Morgan fingerprint density at radius 3 is 2.79 bits per heavy atom. The third kappa shape index (κ3) is 2.44. The van der Waals surface area contributed by atoms with Crippen LogP contribution >= 0.6 is 0 Å². The highest BCUT2D eigenvalue weighted by molar-refractivity contribution is 5.80. The molecule has 4 nitrogen and oxygen atoms in total. The molecule has 0 aliphatic carbocycles. The van der Waals surface area contributed by atoms with E-state index in [1.807, 2.05) is 49.5 Å². The number of pyridine rings is 1. The number of aromatic nitrogens is 3. The Morgan fingerprint density at radius 2 is 1.89 bits per heavy atom. The van der Waals surface area contributed by atoms with E-state index in [1.54, 1.807) is 6.20 Å². The summed E-state index contributed by atoms with van der Waals surface area (Å²) in [5.74, 6) is 0.665. The zero-order valence-corrected chi connectivity index (χ0v) is 10.7. The fourth-order valence-corrected chi connectivity index (χ4v) is 1.99. The number of hydrogen-bond acceptors (Lipinski definition) is 4. The summed E-state index contributed by atoms with van der Waals surface area (Å²) in [4.78, 5) is 13.4. The molecule has 0 atom stereocenters. The Bertz CT molecular complexity index is 709. The van der Waals surface area contributed by atoms with Gasteiger partial charge in [0, 0.05) is 18.1 Å². The molecule has 1 aromatic carbocycles. The molecule has 19 heavy (non-hydrogen) atoms. The minimum atomic E-state index is 0.665. The molecule has 4 heteroatoms. The molecule has 0 bridgehead atoms. The normalized spacial score (nSPS) is 10.8. The second-order valence-electron chi connectivity index (χ2n) is 4.29. The minimum Gasteiger partial charge on any atom is -0.314 e. The Balaban J connectivity index is 2.05. The monoisotopic (exact) mass is 250 g/mol. The van der Waals surface area contributed by atoms with Crippen LogP contribution in [0.15, 0.2) is 48.7 Å². The lowest BCUT2D eigenvalue weighted by molar-refractivity contribution is 0.787. The summed E-state index contributed by atoms with van der Waals surface area (Å²) in [7, 11) is 1.90. The van der Waals surface area contributed by atoms with Gasteiger partial charge < -0.3 is 5.32 Å². The molecule has 0 unspecified atom stereocenters. The van der Waals surface area contributed by atoms with Gasteiger partial charge in [-0.2, -0.15) is 0 Å². The number of hydrogen-bond donors (Lipinski definition) is 1. The second-order valence-corrected chi connectivity index (χ2v) is 4.29. The quantitative estimate of drug-likeness (QED) is 0.775. The highest BCUT2D eigenvalue weighted by Gasteiger charge is 2.05. The molecular formula is C15H14N4. The lowest BCUT2D eigenvalue weighted by Gasteiger charge is -2.04. The second kappa shape index (κ2) is 5.12. The molecule has 0 radical (unpaired) electrons. The van der Waals surface area contributed by atoms with Crippen molar-refractivity contribution in [1.29, 1.82) is 0 Å². The molecule has 1 N–H and O–H groups in total. The van der Waals surface area contributed by atoms with Gasteiger partial charge in [0.15, 0.2) is 5.82 Å². The Morgan fingerprint density at radius 1 is 1.00 bits per heavy atom. The van der Waals surface area contributed by atoms with Crippen LogP contribution in [0.2, 0.25) is 0 Å². The Hall–Kier alpha value is -2.33. The van der Waals surface area contributed by atoms with Gasteiger partial charge in [-0.1, -0.05) is 24.3 Å². The van der Waals surface area contributed by atoms with Crippen LogP contribution in [0.3, 0.4) is 0 Å². The standard InChI is InChI=1S/C15H14N4/c1-16-10-12-8-9-17-15(18-12)14-7-6-11-4-2-3-5-13(11)19-14/h2-9,16H,10H2,1H3. The third-order valence-corrected chi connectivity index (χ3v) is 2.90. The number of para-hydroxylation sites is 1. The molecule has 3 aromatic rings. The van der Waals surface area contributed by atoms with Crippen molar-refractivity contribution in [2.24, 2.45) is 0 Å². The van der Waals surface area contributed by atoms with E-state index in [0.29, 0.717) is 5.82 Å². The smallest absolute Gasteiger partial charge is 0.178 e. The van der Waals surface area contributed by atoms with Crippen LogP contribution in [0.25, 0.3) is 22.4 Å². The van der Waals surface area contributed by atoms with E-state index in [9.17, 15) is 0 Å². The first kappa shape index (κ1) is 11.7. The van der Waals surface area contributed by atoms with Crippen LogP contribution in [0.4, 0.5) is 0 Å². The lowest BCUT2D eigenvalue weighted by atomic mass is 10.2. The third-order valence-electron chi connectivity index (χ3n) is 2.90. The fraction of sp³-hybridized carbons (Fsp3) is 0.133. The fourth-order valence-electron chi connectivity index (χ4n) is 1.99. The van der Waals surface area contributed by atoms with Crippen LogP contribution in [-0.4, -0.2) is 22.0 Å². The van der Waals surface area contributed by atoms with Gasteiger partial charge in [-0.15, -0.1) is 0 Å². The lowest BCUT2D eigenvalue weighted by Crippen LogP contribution is -2.07. The molecule has 3 rings (SSSR count). The van der Waals surface area contributed by atoms with E-state index in [4.69, 9.17) is 0 Å². The number of nitrogens with one attached hydrogen (secondary N) is 1. The van der Waals surface area contributed by atoms with Crippen molar-refractivity contribution >= 4 is 10.9 Å². The molecule has 0 aliphatic heterocycles. The summed E-state index contributed by atoms with van der Waals surface area (Å²) in [5.41, 5.74) is 2.72. The van der Waals surface area contributed by atoms with Gasteiger partial charge in [-0.05, 0) is 25.2 Å². The molecular weight excluding hydrogens is 236 g/mol. The van der Waals surface area contributed by atoms with E-state index in [2.05, 4.69) is 20.3 Å². The number of fused-ring (bicyclic) bond motifs is 1. The van der Waals surface area contributed by atoms with Crippen LogP contribution in [-0.2, 0) is 6.54 Å². The molecule has 0 fully saturated rings. The van der Waals surface area contributed by atoms with Crippen molar-refractivity contribution < 1.29 is 0 Å². The Kier molecular flexibility index (Phi) is 3.16. The summed E-state index contributed by atoms with van der Waals surface area (Å²) in [6.07, 6.45) is 1.77. The highest BCUT2D eigenvalue weighted by Crippen LogP contribution is 2.17. The zero-order chi connectivity index (χ0) is 13.1. The average Bonchev–Trinajstić information content (AvgIpc) is 2.47. The van der Waals surface area contributed by atoms with E-state index < -0.39 is 0 Å². The summed E-state index contributed by atoms with van der Waals surface area (Å²) in [6.45, 7) is 0.725. The van der Waals surface area contributed by atoms with Gasteiger partial charge in [0.05, 0.1) is 11.2 Å². The molecule has 2 heterocycles. The van der Waals surface area contributed by atoms with Gasteiger partial charge in [-0.25, -0.2) is 15.0 Å². The van der Waals surface area contributed by atoms with Crippen LogP contribution in [0, 0.1) is 0 Å².